The molecule has 0 bridgehead atoms. The molecule has 86 valence electrons. The maximum absolute atomic E-state index is 9.22. The normalized spacial score (nSPS) is 20.1. The van der Waals surface area contributed by atoms with Crippen molar-refractivity contribution in [1.29, 1.82) is 0 Å². The molecular weight excluding hydrogens is 192 g/mol. The zero-order valence-electron chi connectivity index (χ0n) is 8.08. The van der Waals surface area contributed by atoms with Gasteiger partial charge in [-0.25, -0.2) is 0 Å². The summed E-state index contributed by atoms with van der Waals surface area (Å²) in [5.74, 6) is 0. The summed E-state index contributed by atoms with van der Waals surface area (Å²) in [6.07, 6.45) is -5.67. The van der Waals surface area contributed by atoms with Crippen LogP contribution in [0.25, 0.3) is 0 Å². The first-order chi connectivity index (χ1) is 6.54. The molecule has 0 spiro atoms. The number of hydrogen-bond acceptors (Lipinski definition) is 6. The topological polar surface area (TPSA) is 110 Å². The Balaban J connectivity index is 3.95. The Bertz CT molecular complexity index is 142. The SMILES string of the molecule is CCCOC(O)[C@@H](O)[C@@H](O)[C@H](O)CO. The van der Waals surface area contributed by atoms with E-state index in [4.69, 9.17) is 25.2 Å². The summed E-state index contributed by atoms with van der Waals surface area (Å²) in [5, 5.41) is 44.9. The molecule has 0 aliphatic rings. The summed E-state index contributed by atoms with van der Waals surface area (Å²) in [6.45, 7) is 1.36. The van der Waals surface area contributed by atoms with Crippen molar-refractivity contribution in [2.75, 3.05) is 13.2 Å². The van der Waals surface area contributed by atoms with Crippen molar-refractivity contribution >= 4 is 0 Å². The van der Waals surface area contributed by atoms with Crippen molar-refractivity contribution < 1.29 is 30.3 Å². The summed E-state index contributed by atoms with van der Waals surface area (Å²) in [6, 6.07) is 0. The van der Waals surface area contributed by atoms with Gasteiger partial charge >= 0.3 is 0 Å². The summed E-state index contributed by atoms with van der Waals surface area (Å²) in [4.78, 5) is 0. The molecule has 1 unspecified atom stereocenters. The van der Waals surface area contributed by atoms with Crippen LogP contribution in [0.3, 0.4) is 0 Å². The van der Waals surface area contributed by atoms with Gasteiger partial charge in [0.25, 0.3) is 0 Å². The molecule has 0 heterocycles. The lowest BCUT2D eigenvalue weighted by atomic mass is 10.1. The molecule has 0 aromatic heterocycles. The number of aliphatic hydroxyl groups excluding tert-OH is 5. The monoisotopic (exact) mass is 210 g/mol. The number of aliphatic hydroxyl groups is 5. The van der Waals surface area contributed by atoms with Gasteiger partial charge < -0.3 is 30.3 Å². The molecule has 6 heteroatoms. The highest BCUT2D eigenvalue weighted by Crippen LogP contribution is 2.06. The molecule has 6 nitrogen and oxygen atoms in total. The Hall–Kier alpha value is -0.240. The molecule has 0 aromatic rings. The third-order valence-electron chi connectivity index (χ3n) is 1.72. The lowest BCUT2D eigenvalue weighted by Crippen LogP contribution is -2.46. The van der Waals surface area contributed by atoms with Crippen LogP contribution < -0.4 is 0 Å². The molecule has 14 heavy (non-hydrogen) atoms. The molecule has 0 aromatic carbocycles. The van der Waals surface area contributed by atoms with E-state index in [9.17, 15) is 5.11 Å². The molecule has 0 aliphatic carbocycles. The first-order valence-electron chi connectivity index (χ1n) is 4.49. The number of rotatable bonds is 7. The van der Waals surface area contributed by atoms with Crippen molar-refractivity contribution in [3.8, 4) is 0 Å². The maximum atomic E-state index is 9.22. The molecule has 5 N–H and O–H groups in total. The third-order valence-corrected chi connectivity index (χ3v) is 1.72. The molecule has 0 saturated carbocycles. The van der Waals surface area contributed by atoms with E-state index >= 15 is 0 Å². The van der Waals surface area contributed by atoms with Gasteiger partial charge in [-0.2, -0.15) is 0 Å². The third kappa shape index (κ3) is 4.32. The van der Waals surface area contributed by atoms with Gasteiger partial charge in [0, 0.05) is 6.61 Å². The Morgan fingerprint density at radius 3 is 2.07 bits per heavy atom. The van der Waals surface area contributed by atoms with Gasteiger partial charge in [-0.1, -0.05) is 6.92 Å². The minimum absolute atomic E-state index is 0.236. The fourth-order valence-corrected chi connectivity index (χ4v) is 0.841. The first-order valence-corrected chi connectivity index (χ1v) is 4.49. The van der Waals surface area contributed by atoms with Crippen LogP contribution in [0.4, 0.5) is 0 Å². The second kappa shape index (κ2) is 7.10. The van der Waals surface area contributed by atoms with E-state index in [1.54, 1.807) is 0 Å². The lowest BCUT2D eigenvalue weighted by molar-refractivity contribution is -0.204. The van der Waals surface area contributed by atoms with Crippen LogP contribution in [0.15, 0.2) is 0 Å². The van der Waals surface area contributed by atoms with E-state index < -0.39 is 31.2 Å². The van der Waals surface area contributed by atoms with Crippen LogP contribution in [0.1, 0.15) is 13.3 Å². The Morgan fingerprint density at radius 2 is 1.64 bits per heavy atom. The van der Waals surface area contributed by atoms with Crippen LogP contribution in [-0.2, 0) is 4.74 Å². The zero-order valence-corrected chi connectivity index (χ0v) is 8.08. The van der Waals surface area contributed by atoms with Crippen LogP contribution in [0.2, 0.25) is 0 Å². The van der Waals surface area contributed by atoms with Crippen LogP contribution in [0, 0.1) is 0 Å². The molecule has 4 atom stereocenters. The predicted octanol–water partition coefficient (Wildman–Crippen LogP) is -2.19. The lowest BCUT2D eigenvalue weighted by Gasteiger charge is -2.25. The van der Waals surface area contributed by atoms with E-state index in [-0.39, 0.29) is 6.61 Å². The van der Waals surface area contributed by atoms with Crippen molar-refractivity contribution in [2.24, 2.45) is 0 Å². The van der Waals surface area contributed by atoms with Crippen LogP contribution in [-0.4, -0.2) is 63.3 Å². The van der Waals surface area contributed by atoms with Crippen LogP contribution >= 0.6 is 0 Å². The highest BCUT2D eigenvalue weighted by Gasteiger charge is 2.30. The van der Waals surface area contributed by atoms with Crippen molar-refractivity contribution in [3.63, 3.8) is 0 Å². The summed E-state index contributed by atoms with van der Waals surface area (Å²) in [7, 11) is 0. The zero-order chi connectivity index (χ0) is 11.1. The minimum Gasteiger partial charge on any atom is -0.394 e. The van der Waals surface area contributed by atoms with E-state index in [2.05, 4.69) is 0 Å². The Kier molecular flexibility index (Phi) is 6.98. The molecule has 0 fully saturated rings. The molecule has 0 saturated heterocycles. The maximum Gasteiger partial charge on any atom is 0.183 e. The number of ether oxygens (including phenoxy) is 1. The van der Waals surface area contributed by atoms with Gasteiger partial charge in [-0.05, 0) is 6.42 Å². The van der Waals surface area contributed by atoms with Crippen molar-refractivity contribution in [1.82, 2.24) is 0 Å². The fourth-order valence-electron chi connectivity index (χ4n) is 0.841. The van der Waals surface area contributed by atoms with Crippen molar-refractivity contribution in [2.45, 2.75) is 37.9 Å². The molecular formula is C8H18O6. The van der Waals surface area contributed by atoms with Crippen molar-refractivity contribution in [3.05, 3.63) is 0 Å². The largest absolute Gasteiger partial charge is 0.394 e. The average molecular weight is 210 g/mol. The van der Waals surface area contributed by atoms with E-state index in [1.807, 2.05) is 6.92 Å². The predicted molar refractivity (Wildman–Crippen MR) is 47.4 cm³/mol. The second-order valence-corrected chi connectivity index (χ2v) is 2.99. The summed E-state index contributed by atoms with van der Waals surface area (Å²) >= 11 is 0. The van der Waals surface area contributed by atoms with Gasteiger partial charge in [-0.3, -0.25) is 0 Å². The van der Waals surface area contributed by atoms with Gasteiger partial charge in [-0.15, -0.1) is 0 Å². The highest BCUT2D eigenvalue weighted by atomic mass is 16.6. The molecule has 0 radical (unpaired) electrons. The highest BCUT2D eigenvalue weighted by molar-refractivity contribution is 4.76. The van der Waals surface area contributed by atoms with E-state index in [0.717, 1.165) is 0 Å². The molecule has 0 aliphatic heterocycles. The minimum atomic E-state index is -1.64. The smallest absolute Gasteiger partial charge is 0.183 e. The molecule has 0 rings (SSSR count). The summed E-state index contributed by atoms with van der Waals surface area (Å²) in [5.41, 5.74) is 0. The summed E-state index contributed by atoms with van der Waals surface area (Å²) < 4.78 is 4.72. The first kappa shape index (κ1) is 13.8. The standard InChI is InChI=1S/C8H18O6/c1-2-3-14-8(13)7(12)6(11)5(10)4-9/h5-13H,2-4H2,1H3/t5-,6+,7+,8?/m1/s1. The molecule has 0 amide bonds. The van der Waals surface area contributed by atoms with E-state index in [0.29, 0.717) is 6.42 Å². The number of hydrogen-bond donors (Lipinski definition) is 5. The van der Waals surface area contributed by atoms with Gasteiger partial charge in [0.15, 0.2) is 6.29 Å². The van der Waals surface area contributed by atoms with Gasteiger partial charge in [0.05, 0.1) is 6.61 Å². The van der Waals surface area contributed by atoms with Gasteiger partial charge in [0.2, 0.25) is 0 Å². The quantitative estimate of drug-likeness (QED) is 0.305. The average Bonchev–Trinajstić information content (AvgIpc) is 2.22. The fraction of sp³-hybridized carbons (Fsp3) is 1.00. The van der Waals surface area contributed by atoms with Crippen LogP contribution in [0.5, 0.6) is 0 Å². The van der Waals surface area contributed by atoms with E-state index in [1.165, 1.54) is 0 Å². The van der Waals surface area contributed by atoms with Gasteiger partial charge in [0.1, 0.15) is 18.3 Å². The second-order valence-electron chi connectivity index (χ2n) is 2.99. The Labute approximate surface area is 82.4 Å². The Morgan fingerprint density at radius 1 is 1.07 bits per heavy atom.